The number of nitrogens with one attached hydrogen (secondary N) is 1. The normalized spacial score (nSPS) is 10.7. The molecule has 0 radical (unpaired) electrons. The van der Waals surface area contributed by atoms with Crippen molar-refractivity contribution in [1.82, 2.24) is 9.55 Å². The molecule has 1 heterocycles. The lowest BCUT2D eigenvalue weighted by Crippen LogP contribution is -2.11. The highest BCUT2D eigenvalue weighted by Gasteiger charge is 2.06. The van der Waals surface area contributed by atoms with Crippen LogP contribution >= 0.6 is 0 Å². The van der Waals surface area contributed by atoms with Crippen LogP contribution in [0, 0.1) is 5.82 Å². The number of fused-ring (bicyclic) bond motifs is 1. The van der Waals surface area contributed by atoms with Gasteiger partial charge in [0.15, 0.2) is 0 Å². The summed E-state index contributed by atoms with van der Waals surface area (Å²) in [7, 11) is 1.81. The minimum atomic E-state index is -0.297. The number of imidazole rings is 1. The zero-order chi connectivity index (χ0) is 9.42. The number of anilines is 1. The fourth-order valence-corrected chi connectivity index (χ4v) is 1.30. The van der Waals surface area contributed by atoms with Gasteiger partial charge in [-0.2, -0.15) is 0 Å². The Morgan fingerprint density at radius 1 is 1.54 bits per heavy atom. The standard InChI is InChI=1S/C8H9FN4/c1-13-7-3-2-5(9)4-6(7)11-8(13)12-10/h2-4H,10H2,1H3,(H,11,12). The fraction of sp³-hybridized carbons (Fsp3) is 0.125. The number of aryl methyl sites for hydroxylation is 1. The van der Waals surface area contributed by atoms with Crippen LogP contribution in [0.3, 0.4) is 0 Å². The van der Waals surface area contributed by atoms with Gasteiger partial charge in [0.05, 0.1) is 11.0 Å². The third-order valence-corrected chi connectivity index (χ3v) is 1.97. The number of benzene rings is 1. The van der Waals surface area contributed by atoms with Crippen molar-refractivity contribution in [3.8, 4) is 0 Å². The lowest BCUT2D eigenvalue weighted by Gasteiger charge is -1.98. The molecule has 1 aromatic carbocycles. The highest BCUT2D eigenvalue weighted by Crippen LogP contribution is 2.17. The van der Waals surface area contributed by atoms with E-state index in [1.165, 1.54) is 12.1 Å². The van der Waals surface area contributed by atoms with Crippen LogP contribution in [0.25, 0.3) is 11.0 Å². The van der Waals surface area contributed by atoms with E-state index in [1.807, 2.05) is 7.05 Å². The van der Waals surface area contributed by atoms with Gasteiger partial charge in [0, 0.05) is 13.1 Å². The maximum absolute atomic E-state index is 12.8. The molecule has 0 aliphatic carbocycles. The summed E-state index contributed by atoms with van der Waals surface area (Å²) in [6, 6.07) is 4.43. The van der Waals surface area contributed by atoms with E-state index < -0.39 is 0 Å². The number of hydrogen-bond acceptors (Lipinski definition) is 3. The van der Waals surface area contributed by atoms with E-state index in [1.54, 1.807) is 10.6 Å². The summed E-state index contributed by atoms with van der Waals surface area (Å²) in [5.74, 6) is 5.44. The molecule has 5 heteroatoms. The summed E-state index contributed by atoms with van der Waals surface area (Å²) in [6.45, 7) is 0. The van der Waals surface area contributed by atoms with Crippen LogP contribution in [0.4, 0.5) is 10.3 Å². The van der Waals surface area contributed by atoms with Gasteiger partial charge in [-0.25, -0.2) is 15.2 Å². The number of halogens is 1. The van der Waals surface area contributed by atoms with Gasteiger partial charge in [0.1, 0.15) is 5.82 Å². The van der Waals surface area contributed by atoms with Crippen molar-refractivity contribution in [1.29, 1.82) is 0 Å². The molecule has 0 saturated carbocycles. The van der Waals surface area contributed by atoms with Crippen LogP contribution in [0.15, 0.2) is 18.2 Å². The lowest BCUT2D eigenvalue weighted by atomic mass is 10.3. The maximum Gasteiger partial charge on any atom is 0.218 e. The predicted molar refractivity (Wildman–Crippen MR) is 48.5 cm³/mol. The Bertz CT molecular complexity index is 449. The number of nitrogens with two attached hydrogens (primary N) is 1. The Labute approximate surface area is 74.1 Å². The molecule has 68 valence electrons. The Kier molecular flexibility index (Phi) is 1.66. The van der Waals surface area contributed by atoms with Crippen molar-refractivity contribution in [3.05, 3.63) is 24.0 Å². The monoisotopic (exact) mass is 180 g/mol. The highest BCUT2D eigenvalue weighted by molar-refractivity contribution is 5.78. The van der Waals surface area contributed by atoms with Gasteiger partial charge in [0.2, 0.25) is 5.95 Å². The molecule has 0 aliphatic rings. The molecule has 0 unspecified atom stereocenters. The molecule has 1 aromatic heterocycles. The molecule has 13 heavy (non-hydrogen) atoms. The van der Waals surface area contributed by atoms with Gasteiger partial charge in [-0.05, 0) is 12.1 Å². The maximum atomic E-state index is 12.8. The number of hydrazine groups is 1. The Morgan fingerprint density at radius 2 is 2.31 bits per heavy atom. The largest absolute Gasteiger partial charge is 0.312 e. The summed E-state index contributed by atoms with van der Waals surface area (Å²) in [4.78, 5) is 4.08. The summed E-state index contributed by atoms with van der Waals surface area (Å²) < 4.78 is 14.5. The molecule has 2 aromatic rings. The molecular weight excluding hydrogens is 171 g/mol. The van der Waals surface area contributed by atoms with Crippen molar-refractivity contribution in [3.63, 3.8) is 0 Å². The van der Waals surface area contributed by atoms with Crippen LogP contribution in [-0.2, 0) is 7.05 Å². The minimum absolute atomic E-state index is 0.297. The molecule has 0 amide bonds. The van der Waals surface area contributed by atoms with Gasteiger partial charge in [-0.3, -0.25) is 5.43 Å². The molecule has 0 atom stereocenters. The number of nitrogens with zero attached hydrogens (tertiary/aromatic N) is 2. The van der Waals surface area contributed by atoms with Gasteiger partial charge >= 0.3 is 0 Å². The quantitative estimate of drug-likeness (QED) is 0.508. The predicted octanol–water partition coefficient (Wildman–Crippen LogP) is 0.998. The Balaban J connectivity index is 2.76. The third-order valence-electron chi connectivity index (χ3n) is 1.97. The van der Waals surface area contributed by atoms with Crippen LogP contribution in [0.2, 0.25) is 0 Å². The van der Waals surface area contributed by atoms with Gasteiger partial charge in [-0.15, -0.1) is 0 Å². The van der Waals surface area contributed by atoms with E-state index >= 15 is 0 Å². The van der Waals surface area contributed by atoms with Crippen molar-refractivity contribution < 1.29 is 4.39 Å². The molecule has 0 spiro atoms. The first-order valence-electron chi connectivity index (χ1n) is 3.81. The van der Waals surface area contributed by atoms with E-state index in [-0.39, 0.29) is 5.82 Å². The van der Waals surface area contributed by atoms with Crippen LogP contribution in [-0.4, -0.2) is 9.55 Å². The first kappa shape index (κ1) is 8.00. The summed E-state index contributed by atoms with van der Waals surface area (Å²) in [5.41, 5.74) is 3.87. The average molecular weight is 180 g/mol. The van der Waals surface area contributed by atoms with Crippen molar-refractivity contribution in [2.24, 2.45) is 12.9 Å². The van der Waals surface area contributed by atoms with E-state index in [9.17, 15) is 4.39 Å². The number of nitrogen functional groups attached to an aromatic ring is 1. The molecule has 3 N–H and O–H groups in total. The third kappa shape index (κ3) is 1.13. The van der Waals surface area contributed by atoms with Crippen LogP contribution < -0.4 is 11.3 Å². The first-order valence-corrected chi connectivity index (χ1v) is 3.81. The molecule has 4 nitrogen and oxygen atoms in total. The van der Waals surface area contributed by atoms with E-state index in [0.29, 0.717) is 11.5 Å². The van der Waals surface area contributed by atoms with Crippen LogP contribution in [0.1, 0.15) is 0 Å². The number of aromatic nitrogens is 2. The van der Waals surface area contributed by atoms with Gasteiger partial charge in [0.25, 0.3) is 0 Å². The summed E-state index contributed by atoms with van der Waals surface area (Å²) >= 11 is 0. The average Bonchev–Trinajstić information content (AvgIpc) is 2.42. The van der Waals surface area contributed by atoms with E-state index in [0.717, 1.165) is 5.52 Å². The zero-order valence-electron chi connectivity index (χ0n) is 7.08. The molecule has 0 bridgehead atoms. The zero-order valence-corrected chi connectivity index (χ0v) is 7.08. The smallest absolute Gasteiger partial charge is 0.218 e. The minimum Gasteiger partial charge on any atom is -0.312 e. The SMILES string of the molecule is Cn1c(NN)nc2cc(F)ccc21. The van der Waals surface area contributed by atoms with Crippen LogP contribution in [0.5, 0.6) is 0 Å². The summed E-state index contributed by atoms with van der Waals surface area (Å²) in [6.07, 6.45) is 0. The number of rotatable bonds is 1. The molecule has 0 saturated heterocycles. The Hall–Kier alpha value is -1.62. The molecule has 2 rings (SSSR count). The molecule has 0 fully saturated rings. The first-order chi connectivity index (χ1) is 6.22. The van der Waals surface area contributed by atoms with Crippen molar-refractivity contribution >= 4 is 17.0 Å². The summed E-state index contributed by atoms with van der Waals surface area (Å²) in [5, 5.41) is 0. The second-order valence-corrected chi connectivity index (χ2v) is 2.77. The molecule has 0 aliphatic heterocycles. The molecular formula is C8H9FN4. The van der Waals surface area contributed by atoms with E-state index in [2.05, 4.69) is 10.4 Å². The fourth-order valence-electron chi connectivity index (χ4n) is 1.30. The van der Waals surface area contributed by atoms with Gasteiger partial charge < -0.3 is 4.57 Å². The van der Waals surface area contributed by atoms with Crippen molar-refractivity contribution in [2.45, 2.75) is 0 Å². The second-order valence-electron chi connectivity index (χ2n) is 2.77. The highest BCUT2D eigenvalue weighted by atomic mass is 19.1. The second kappa shape index (κ2) is 2.70. The lowest BCUT2D eigenvalue weighted by molar-refractivity contribution is 0.629. The van der Waals surface area contributed by atoms with E-state index in [4.69, 9.17) is 5.84 Å². The number of hydrogen-bond donors (Lipinski definition) is 2. The van der Waals surface area contributed by atoms with Gasteiger partial charge in [-0.1, -0.05) is 0 Å². The topological polar surface area (TPSA) is 55.9 Å². The Morgan fingerprint density at radius 3 is 3.00 bits per heavy atom. The van der Waals surface area contributed by atoms with Crippen molar-refractivity contribution in [2.75, 3.05) is 5.43 Å².